The number of hydrogen-bond donors (Lipinski definition) is 0. The second-order valence-corrected chi connectivity index (χ2v) is 6.17. The van der Waals surface area contributed by atoms with Gasteiger partial charge in [0.1, 0.15) is 0 Å². The van der Waals surface area contributed by atoms with Gasteiger partial charge in [-0.1, -0.05) is 30.3 Å². The van der Waals surface area contributed by atoms with Crippen molar-refractivity contribution < 1.29 is 9.59 Å². The van der Waals surface area contributed by atoms with Gasteiger partial charge in [-0.05, 0) is 30.5 Å². The van der Waals surface area contributed by atoms with Crippen LogP contribution in [0.5, 0.6) is 0 Å². The fraction of sp³-hybridized carbons (Fsp3) is 0.368. The summed E-state index contributed by atoms with van der Waals surface area (Å²) in [5.41, 5.74) is 2.27. The van der Waals surface area contributed by atoms with Crippen LogP contribution in [0, 0.1) is 0 Å². The number of aryl methyl sites for hydroxylation is 1. The molecule has 0 saturated carbocycles. The average Bonchev–Trinajstić information content (AvgIpc) is 3.03. The molecule has 1 fully saturated rings. The Hall–Kier alpha value is -2.40. The summed E-state index contributed by atoms with van der Waals surface area (Å²) >= 11 is 0. The zero-order chi connectivity index (χ0) is 16.9. The van der Waals surface area contributed by atoms with Crippen LogP contribution < -0.4 is 0 Å². The smallest absolute Gasteiger partial charge is 0.243 e. The molecule has 0 bridgehead atoms. The van der Waals surface area contributed by atoms with Crippen molar-refractivity contribution >= 4 is 11.8 Å². The summed E-state index contributed by atoms with van der Waals surface area (Å²) < 4.78 is 2.09. The Balaban J connectivity index is 1.55. The molecule has 1 aromatic carbocycles. The summed E-state index contributed by atoms with van der Waals surface area (Å²) in [5.74, 6) is -0.200. The predicted molar refractivity (Wildman–Crippen MR) is 92.2 cm³/mol. The van der Waals surface area contributed by atoms with E-state index in [0.29, 0.717) is 32.6 Å². The van der Waals surface area contributed by atoms with Crippen LogP contribution in [0.1, 0.15) is 18.1 Å². The first-order valence-corrected chi connectivity index (χ1v) is 8.40. The van der Waals surface area contributed by atoms with Gasteiger partial charge in [0.2, 0.25) is 11.8 Å². The largest absolute Gasteiger partial charge is 0.354 e. The van der Waals surface area contributed by atoms with E-state index in [9.17, 15) is 9.59 Å². The zero-order valence-electron chi connectivity index (χ0n) is 14.0. The van der Waals surface area contributed by atoms with Crippen molar-refractivity contribution in [1.29, 1.82) is 0 Å². The number of rotatable bonds is 6. The van der Waals surface area contributed by atoms with E-state index in [1.165, 1.54) is 4.90 Å². The molecule has 1 aliphatic heterocycles. The molecule has 126 valence electrons. The topological polar surface area (TPSA) is 45.6 Å². The Labute approximate surface area is 142 Å². The van der Waals surface area contributed by atoms with Gasteiger partial charge in [0.25, 0.3) is 0 Å². The molecule has 2 heterocycles. The van der Waals surface area contributed by atoms with E-state index in [1.807, 2.05) is 47.5 Å². The van der Waals surface area contributed by atoms with Crippen molar-refractivity contribution in [3.8, 4) is 0 Å². The maximum absolute atomic E-state index is 12.3. The van der Waals surface area contributed by atoms with Gasteiger partial charge in [-0.3, -0.25) is 19.4 Å². The molecule has 24 heavy (non-hydrogen) atoms. The number of imide groups is 1. The lowest BCUT2D eigenvalue weighted by Crippen LogP contribution is -2.54. The second-order valence-electron chi connectivity index (χ2n) is 6.17. The van der Waals surface area contributed by atoms with Crippen LogP contribution in [0.4, 0.5) is 0 Å². The minimum atomic E-state index is -0.0999. The fourth-order valence-corrected chi connectivity index (χ4v) is 3.03. The number of hydrogen-bond acceptors (Lipinski definition) is 3. The normalized spacial score (nSPS) is 16.0. The van der Waals surface area contributed by atoms with Crippen molar-refractivity contribution in [2.75, 3.05) is 19.6 Å². The average molecular weight is 325 g/mol. The lowest BCUT2D eigenvalue weighted by molar-refractivity contribution is -0.151. The molecule has 0 N–H and O–H groups in total. The second kappa shape index (κ2) is 7.45. The van der Waals surface area contributed by atoms with Crippen LogP contribution >= 0.6 is 0 Å². The van der Waals surface area contributed by atoms with E-state index < -0.39 is 0 Å². The molecule has 2 aromatic rings. The molecular weight excluding hydrogens is 302 g/mol. The molecule has 3 rings (SSSR count). The maximum Gasteiger partial charge on any atom is 0.243 e. The number of benzene rings is 1. The Bertz CT molecular complexity index is 690. The Morgan fingerprint density at radius 2 is 1.67 bits per heavy atom. The molecule has 5 nitrogen and oxygen atoms in total. The minimum absolute atomic E-state index is 0.0999. The van der Waals surface area contributed by atoms with Crippen LogP contribution in [0.2, 0.25) is 0 Å². The quantitative estimate of drug-likeness (QED) is 0.762. The molecule has 0 spiro atoms. The molecule has 0 atom stereocenters. The van der Waals surface area contributed by atoms with Crippen molar-refractivity contribution in [2.24, 2.45) is 0 Å². The van der Waals surface area contributed by atoms with Crippen LogP contribution in [0.15, 0.2) is 48.8 Å². The van der Waals surface area contributed by atoms with Gasteiger partial charge in [0.15, 0.2) is 0 Å². The van der Waals surface area contributed by atoms with Gasteiger partial charge in [-0.25, -0.2) is 0 Å². The third kappa shape index (κ3) is 3.92. The molecule has 5 heteroatoms. The van der Waals surface area contributed by atoms with Crippen LogP contribution in [-0.2, 0) is 29.1 Å². The van der Waals surface area contributed by atoms with Crippen molar-refractivity contribution in [2.45, 2.75) is 26.4 Å². The standard InChI is InChI=1S/C19H23N3O2/c1-2-20-10-8-17(12-20)9-11-22-18(23)14-21(15-19(22)24)13-16-6-4-3-5-7-16/h3-8,10,12H,2,9,11,13-15H2,1H3. The number of aromatic nitrogens is 1. The van der Waals surface area contributed by atoms with E-state index in [4.69, 9.17) is 0 Å². The van der Waals surface area contributed by atoms with Crippen molar-refractivity contribution in [3.05, 3.63) is 59.9 Å². The van der Waals surface area contributed by atoms with Gasteiger partial charge >= 0.3 is 0 Å². The Morgan fingerprint density at radius 3 is 2.29 bits per heavy atom. The third-order valence-corrected chi connectivity index (χ3v) is 4.37. The molecular formula is C19H23N3O2. The number of amides is 2. The first-order valence-electron chi connectivity index (χ1n) is 8.40. The summed E-state index contributed by atoms with van der Waals surface area (Å²) in [4.78, 5) is 28.0. The first-order chi connectivity index (χ1) is 11.7. The van der Waals surface area contributed by atoms with Gasteiger partial charge in [-0.15, -0.1) is 0 Å². The highest BCUT2D eigenvalue weighted by Gasteiger charge is 2.30. The van der Waals surface area contributed by atoms with E-state index in [1.54, 1.807) is 0 Å². The van der Waals surface area contributed by atoms with Gasteiger partial charge in [0, 0.05) is 32.0 Å². The lowest BCUT2D eigenvalue weighted by Gasteiger charge is -2.32. The summed E-state index contributed by atoms with van der Waals surface area (Å²) in [5, 5.41) is 0. The lowest BCUT2D eigenvalue weighted by atomic mass is 10.1. The van der Waals surface area contributed by atoms with E-state index in [-0.39, 0.29) is 11.8 Å². The summed E-state index contributed by atoms with van der Waals surface area (Å²) in [6, 6.07) is 12.0. The summed E-state index contributed by atoms with van der Waals surface area (Å²) in [7, 11) is 0. The van der Waals surface area contributed by atoms with Crippen LogP contribution in [0.25, 0.3) is 0 Å². The van der Waals surface area contributed by atoms with Crippen molar-refractivity contribution in [3.63, 3.8) is 0 Å². The minimum Gasteiger partial charge on any atom is -0.354 e. The molecule has 2 amide bonds. The first kappa shape index (κ1) is 16.5. The molecule has 0 aliphatic carbocycles. The highest BCUT2D eigenvalue weighted by Crippen LogP contribution is 2.12. The molecule has 0 radical (unpaired) electrons. The fourth-order valence-electron chi connectivity index (χ4n) is 3.03. The summed E-state index contributed by atoms with van der Waals surface area (Å²) in [6.45, 7) is 4.71. The maximum atomic E-state index is 12.3. The van der Waals surface area contributed by atoms with E-state index in [2.05, 4.69) is 17.7 Å². The molecule has 1 saturated heterocycles. The van der Waals surface area contributed by atoms with E-state index in [0.717, 1.165) is 17.7 Å². The number of carbonyl (C=O) groups excluding carboxylic acids is 2. The Morgan fingerprint density at radius 1 is 0.958 bits per heavy atom. The highest BCUT2D eigenvalue weighted by atomic mass is 16.2. The van der Waals surface area contributed by atoms with Gasteiger partial charge in [0.05, 0.1) is 13.1 Å². The molecule has 0 unspecified atom stereocenters. The van der Waals surface area contributed by atoms with Gasteiger partial charge < -0.3 is 4.57 Å². The van der Waals surface area contributed by atoms with Crippen molar-refractivity contribution in [1.82, 2.24) is 14.4 Å². The van der Waals surface area contributed by atoms with Gasteiger partial charge in [-0.2, -0.15) is 0 Å². The molecule has 1 aliphatic rings. The number of nitrogens with zero attached hydrogens (tertiary/aromatic N) is 3. The SMILES string of the molecule is CCn1ccc(CCN2C(=O)CN(Cc3ccccc3)CC2=O)c1. The van der Waals surface area contributed by atoms with Crippen LogP contribution in [-0.4, -0.2) is 45.8 Å². The van der Waals surface area contributed by atoms with Crippen LogP contribution in [0.3, 0.4) is 0 Å². The highest BCUT2D eigenvalue weighted by molar-refractivity contribution is 5.99. The number of carbonyl (C=O) groups is 2. The molecule has 1 aromatic heterocycles. The third-order valence-electron chi connectivity index (χ3n) is 4.37. The number of piperazine rings is 1. The monoisotopic (exact) mass is 325 g/mol. The zero-order valence-corrected chi connectivity index (χ0v) is 14.0. The Kier molecular flexibility index (Phi) is 5.11. The summed E-state index contributed by atoms with van der Waals surface area (Å²) in [6.07, 6.45) is 4.81. The van der Waals surface area contributed by atoms with E-state index >= 15 is 0 Å². The predicted octanol–water partition coefficient (Wildman–Crippen LogP) is 1.92.